The van der Waals surface area contributed by atoms with Crippen molar-refractivity contribution >= 4 is 40.0 Å². The number of nitrogens with two attached hydrogens (primary N) is 1. The van der Waals surface area contributed by atoms with E-state index < -0.39 is 0 Å². The van der Waals surface area contributed by atoms with Crippen molar-refractivity contribution < 1.29 is 4.79 Å². The predicted octanol–water partition coefficient (Wildman–Crippen LogP) is 0.701. The van der Waals surface area contributed by atoms with Crippen molar-refractivity contribution in [3.05, 3.63) is 36.7 Å². The first-order valence-electron chi connectivity index (χ1n) is 9.51. The molecule has 0 saturated carbocycles. The van der Waals surface area contributed by atoms with Gasteiger partial charge in [0, 0.05) is 25.0 Å². The number of anilines is 2. The molecule has 0 saturated heterocycles. The van der Waals surface area contributed by atoms with Gasteiger partial charge in [0.2, 0.25) is 11.9 Å². The lowest BCUT2D eigenvalue weighted by atomic mass is 10.4. The van der Waals surface area contributed by atoms with Crippen molar-refractivity contribution in [3.63, 3.8) is 0 Å². The normalized spacial score (nSPS) is 11.4. The average molecular weight is 418 g/mol. The Morgan fingerprint density at radius 1 is 1.16 bits per heavy atom. The van der Waals surface area contributed by atoms with Gasteiger partial charge in [0.1, 0.15) is 17.9 Å². The maximum Gasteiger partial charge on any atom is 0.245 e. The van der Waals surface area contributed by atoms with Crippen LogP contribution in [-0.2, 0) is 17.9 Å². The van der Waals surface area contributed by atoms with Gasteiger partial charge in [-0.05, 0) is 13.8 Å². The molecule has 0 aliphatic rings. The third kappa shape index (κ3) is 3.21. The SMILES string of the molecule is CCn1nc(C)cc1NC(=O)Cn1cnc2c(-n3ncc4nccnc43)nc(N)nc21. The Labute approximate surface area is 175 Å². The Kier molecular flexibility index (Phi) is 4.27. The molecule has 0 aromatic carbocycles. The van der Waals surface area contributed by atoms with Gasteiger partial charge in [-0.25, -0.2) is 19.6 Å². The molecule has 0 bridgehead atoms. The fourth-order valence-corrected chi connectivity index (χ4v) is 3.35. The summed E-state index contributed by atoms with van der Waals surface area (Å²) in [7, 11) is 0. The Morgan fingerprint density at radius 3 is 2.84 bits per heavy atom. The molecule has 31 heavy (non-hydrogen) atoms. The van der Waals surface area contributed by atoms with Crippen LogP contribution < -0.4 is 11.1 Å². The van der Waals surface area contributed by atoms with E-state index in [0.29, 0.717) is 40.5 Å². The van der Waals surface area contributed by atoms with Crippen LogP contribution in [0, 0.1) is 6.92 Å². The van der Waals surface area contributed by atoms with Gasteiger partial charge in [0.05, 0.1) is 18.2 Å². The van der Waals surface area contributed by atoms with E-state index in [1.165, 1.54) is 11.0 Å². The lowest BCUT2D eigenvalue weighted by Gasteiger charge is -2.08. The molecule has 0 radical (unpaired) electrons. The summed E-state index contributed by atoms with van der Waals surface area (Å²) >= 11 is 0. The number of carbonyl (C=O) groups is 1. The summed E-state index contributed by atoms with van der Waals surface area (Å²) in [6.07, 6.45) is 6.24. The molecule has 5 aromatic heterocycles. The standard InChI is InChI=1S/C18H18N12O/c1-3-29-12(6-10(2)27-29)24-13(31)8-28-9-22-14-16(28)25-18(19)26-17(14)30-15-11(7-23-30)20-4-5-21-15/h4-7,9H,3,8H2,1-2H3,(H,24,31)(H2,19,25,26). The van der Waals surface area contributed by atoms with E-state index in [-0.39, 0.29) is 18.4 Å². The lowest BCUT2D eigenvalue weighted by molar-refractivity contribution is -0.116. The van der Waals surface area contributed by atoms with Crippen LogP contribution in [0.15, 0.2) is 31.0 Å². The molecule has 0 atom stereocenters. The van der Waals surface area contributed by atoms with Crippen molar-refractivity contribution in [2.75, 3.05) is 11.1 Å². The zero-order chi connectivity index (χ0) is 21.5. The molecule has 5 heterocycles. The second-order valence-electron chi connectivity index (χ2n) is 6.81. The summed E-state index contributed by atoms with van der Waals surface area (Å²) in [5.74, 6) is 0.766. The Balaban J connectivity index is 1.51. The quantitative estimate of drug-likeness (QED) is 0.418. The number of hydrogen-bond acceptors (Lipinski definition) is 9. The molecule has 5 rings (SSSR count). The number of nitrogens with one attached hydrogen (secondary N) is 1. The van der Waals surface area contributed by atoms with Gasteiger partial charge in [0.15, 0.2) is 22.6 Å². The fraction of sp³-hybridized carbons (Fsp3) is 0.222. The summed E-state index contributed by atoms with van der Waals surface area (Å²) in [6, 6.07) is 1.82. The number of nitrogens with zero attached hydrogens (tertiary/aromatic N) is 10. The average Bonchev–Trinajstić information content (AvgIpc) is 3.44. The van der Waals surface area contributed by atoms with Crippen LogP contribution in [0.3, 0.4) is 0 Å². The summed E-state index contributed by atoms with van der Waals surface area (Å²) in [6.45, 7) is 4.46. The predicted molar refractivity (Wildman–Crippen MR) is 111 cm³/mol. The highest BCUT2D eigenvalue weighted by Crippen LogP contribution is 2.21. The van der Waals surface area contributed by atoms with Crippen LogP contribution in [0.1, 0.15) is 12.6 Å². The number of rotatable bonds is 5. The first-order chi connectivity index (χ1) is 15.0. The number of aromatic nitrogens is 10. The van der Waals surface area contributed by atoms with E-state index in [2.05, 4.69) is 40.4 Å². The second-order valence-corrected chi connectivity index (χ2v) is 6.81. The zero-order valence-electron chi connectivity index (χ0n) is 16.8. The maximum atomic E-state index is 12.7. The number of aryl methyl sites for hydroxylation is 2. The highest BCUT2D eigenvalue weighted by molar-refractivity contribution is 5.91. The van der Waals surface area contributed by atoms with Gasteiger partial charge in [-0.1, -0.05) is 0 Å². The first kappa shape index (κ1) is 18.6. The number of nitrogen functional groups attached to an aromatic ring is 1. The molecule has 0 fully saturated rings. The molecule has 13 heteroatoms. The summed E-state index contributed by atoms with van der Waals surface area (Å²) in [4.78, 5) is 34.2. The molecule has 13 nitrogen and oxygen atoms in total. The third-order valence-corrected chi connectivity index (χ3v) is 4.65. The van der Waals surface area contributed by atoms with E-state index in [1.807, 2.05) is 19.9 Å². The van der Waals surface area contributed by atoms with Crippen molar-refractivity contribution in [1.82, 2.24) is 49.0 Å². The monoisotopic (exact) mass is 418 g/mol. The molecule has 5 aromatic rings. The molecule has 1 amide bonds. The number of fused-ring (bicyclic) bond motifs is 2. The number of amides is 1. The van der Waals surface area contributed by atoms with Crippen LogP contribution in [-0.4, -0.2) is 55.0 Å². The fourth-order valence-electron chi connectivity index (χ4n) is 3.35. The summed E-state index contributed by atoms with van der Waals surface area (Å²) in [5.41, 5.74) is 8.73. The number of hydrogen-bond donors (Lipinski definition) is 2. The molecule has 0 aliphatic heterocycles. The smallest absolute Gasteiger partial charge is 0.245 e. The van der Waals surface area contributed by atoms with Gasteiger partial charge >= 0.3 is 0 Å². The Morgan fingerprint density at radius 2 is 2.00 bits per heavy atom. The molecular weight excluding hydrogens is 400 g/mol. The van der Waals surface area contributed by atoms with Crippen molar-refractivity contribution in [2.45, 2.75) is 26.9 Å². The number of carbonyl (C=O) groups excluding carboxylic acids is 1. The largest absolute Gasteiger partial charge is 0.368 e. The van der Waals surface area contributed by atoms with Crippen LogP contribution in [0.4, 0.5) is 11.8 Å². The topological polar surface area (TPSA) is 160 Å². The maximum absolute atomic E-state index is 12.7. The van der Waals surface area contributed by atoms with Crippen LogP contribution in [0.25, 0.3) is 28.1 Å². The van der Waals surface area contributed by atoms with E-state index in [9.17, 15) is 4.79 Å². The molecule has 0 aliphatic carbocycles. The third-order valence-electron chi connectivity index (χ3n) is 4.65. The lowest BCUT2D eigenvalue weighted by Crippen LogP contribution is -2.20. The van der Waals surface area contributed by atoms with Crippen molar-refractivity contribution in [3.8, 4) is 5.82 Å². The first-order valence-corrected chi connectivity index (χ1v) is 9.51. The minimum absolute atomic E-state index is 0.0139. The summed E-state index contributed by atoms with van der Waals surface area (Å²) in [5, 5.41) is 11.5. The highest BCUT2D eigenvalue weighted by Gasteiger charge is 2.19. The van der Waals surface area contributed by atoms with E-state index in [4.69, 9.17) is 5.73 Å². The van der Waals surface area contributed by atoms with Gasteiger partial charge in [0.25, 0.3) is 0 Å². The molecule has 0 spiro atoms. The summed E-state index contributed by atoms with van der Waals surface area (Å²) < 4.78 is 4.83. The molecule has 3 N–H and O–H groups in total. The van der Waals surface area contributed by atoms with Crippen LogP contribution in [0.2, 0.25) is 0 Å². The second kappa shape index (κ2) is 7.12. The van der Waals surface area contributed by atoms with E-state index >= 15 is 0 Å². The Bertz CT molecular complexity index is 1430. The minimum atomic E-state index is -0.247. The van der Waals surface area contributed by atoms with E-state index in [0.717, 1.165) is 5.69 Å². The van der Waals surface area contributed by atoms with Crippen molar-refractivity contribution in [1.29, 1.82) is 0 Å². The van der Waals surface area contributed by atoms with Gasteiger partial charge < -0.3 is 15.6 Å². The van der Waals surface area contributed by atoms with Crippen LogP contribution >= 0.6 is 0 Å². The Hall–Kier alpha value is -4.42. The van der Waals surface area contributed by atoms with Gasteiger partial charge in [-0.15, -0.1) is 0 Å². The zero-order valence-corrected chi connectivity index (χ0v) is 16.8. The van der Waals surface area contributed by atoms with Gasteiger partial charge in [-0.2, -0.15) is 24.8 Å². The van der Waals surface area contributed by atoms with Crippen LogP contribution in [0.5, 0.6) is 0 Å². The van der Waals surface area contributed by atoms with Gasteiger partial charge in [-0.3, -0.25) is 4.79 Å². The van der Waals surface area contributed by atoms with Crippen molar-refractivity contribution in [2.24, 2.45) is 0 Å². The molecule has 156 valence electrons. The van der Waals surface area contributed by atoms with E-state index in [1.54, 1.807) is 27.8 Å². The highest BCUT2D eigenvalue weighted by atomic mass is 16.2. The number of imidazole rings is 1. The molecular formula is C18H18N12O. The molecule has 0 unspecified atom stereocenters. The minimum Gasteiger partial charge on any atom is -0.368 e.